The number of aromatic nitrogens is 1. The van der Waals surface area contributed by atoms with Gasteiger partial charge in [-0.2, -0.15) is 0 Å². The van der Waals surface area contributed by atoms with E-state index in [0.29, 0.717) is 10.7 Å². The molecule has 6 nitrogen and oxygen atoms in total. The van der Waals surface area contributed by atoms with Crippen molar-refractivity contribution in [1.29, 1.82) is 0 Å². The maximum absolute atomic E-state index is 12.8. The largest absolute Gasteiger partial charge is 0.333 e. The van der Waals surface area contributed by atoms with E-state index in [4.69, 9.17) is 0 Å². The molecule has 1 heterocycles. The minimum Gasteiger partial charge on any atom is -0.333 e. The van der Waals surface area contributed by atoms with Crippen LogP contribution in [0.4, 0.5) is 15.6 Å². The zero-order valence-electron chi connectivity index (χ0n) is 17.6. The summed E-state index contributed by atoms with van der Waals surface area (Å²) in [6.45, 7) is 11.7. The molecule has 0 atom stereocenters. The minimum atomic E-state index is -0.335. The van der Waals surface area contributed by atoms with E-state index in [1.807, 2.05) is 41.5 Å². The van der Waals surface area contributed by atoms with Gasteiger partial charge in [0.25, 0.3) is 5.91 Å². The van der Waals surface area contributed by atoms with Crippen LogP contribution in [0.2, 0.25) is 0 Å². The molecule has 3 aromatic rings. The molecule has 3 rings (SSSR count). The van der Waals surface area contributed by atoms with Crippen LogP contribution >= 0.6 is 11.3 Å². The summed E-state index contributed by atoms with van der Waals surface area (Å²) >= 11 is 1.33. The molecule has 0 bridgehead atoms. The average Bonchev–Trinajstić information content (AvgIpc) is 2.97. The van der Waals surface area contributed by atoms with Crippen molar-refractivity contribution in [2.75, 3.05) is 10.6 Å². The molecule has 7 heteroatoms. The van der Waals surface area contributed by atoms with Crippen LogP contribution in [0.1, 0.15) is 47.8 Å². The number of carbonyl (C=O) groups is 2. The molecule has 0 aliphatic carbocycles. The third kappa shape index (κ3) is 5.12. The van der Waals surface area contributed by atoms with Crippen LogP contribution in [0, 0.1) is 20.8 Å². The second-order valence-electron chi connectivity index (χ2n) is 8.26. The Morgan fingerprint density at radius 2 is 1.62 bits per heavy atom. The Hall–Kier alpha value is -2.93. The predicted octanol–water partition coefficient (Wildman–Crippen LogP) is 5.39. The maximum atomic E-state index is 12.8. The van der Waals surface area contributed by atoms with Crippen molar-refractivity contribution in [1.82, 2.24) is 10.3 Å². The normalized spacial score (nSPS) is 11.4. The second-order valence-corrected chi connectivity index (χ2v) is 9.29. The number of hydrogen-bond acceptors (Lipinski definition) is 4. The van der Waals surface area contributed by atoms with Gasteiger partial charge in [-0.05, 0) is 70.9 Å². The Morgan fingerprint density at radius 1 is 0.966 bits per heavy atom. The zero-order valence-corrected chi connectivity index (χ0v) is 18.4. The van der Waals surface area contributed by atoms with Gasteiger partial charge in [0, 0.05) is 16.8 Å². The van der Waals surface area contributed by atoms with E-state index < -0.39 is 0 Å². The highest BCUT2D eigenvalue weighted by molar-refractivity contribution is 7.22. The highest BCUT2D eigenvalue weighted by Gasteiger charge is 2.16. The average molecular weight is 411 g/mol. The van der Waals surface area contributed by atoms with Crippen LogP contribution in [0.25, 0.3) is 10.2 Å². The summed E-state index contributed by atoms with van der Waals surface area (Å²) in [6.07, 6.45) is 0. The quantitative estimate of drug-likeness (QED) is 0.541. The third-order valence-corrected chi connectivity index (χ3v) is 5.21. The van der Waals surface area contributed by atoms with Crippen molar-refractivity contribution in [2.45, 2.75) is 47.1 Å². The number of urea groups is 1. The summed E-state index contributed by atoms with van der Waals surface area (Å²) in [6, 6.07) is 9.14. The van der Waals surface area contributed by atoms with Crippen LogP contribution in [0.3, 0.4) is 0 Å². The van der Waals surface area contributed by atoms with Gasteiger partial charge < -0.3 is 10.6 Å². The fourth-order valence-corrected chi connectivity index (χ4v) is 4.05. The molecule has 0 saturated carbocycles. The lowest BCUT2D eigenvalue weighted by molar-refractivity contribution is 0.102. The van der Waals surface area contributed by atoms with Crippen LogP contribution in [-0.4, -0.2) is 22.5 Å². The van der Waals surface area contributed by atoms with Gasteiger partial charge in [-0.1, -0.05) is 29.0 Å². The van der Waals surface area contributed by atoms with E-state index >= 15 is 0 Å². The van der Waals surface area contributed by atoms with E-state index in [1.165, 1.54) is 16.9 Å². The topological polar surface area (TPSA) is 83.1 Å². The zero-order chi connectivity index (χ0) is 21.3. The molecule has 0 aliphatic rings. The highest BCUT2D eigenvalue weighted by Crippen LogP contribution is 2.28. The Balaban J connectivity index is 1.79. The molecule has 152 valence electrons. The van der Waals surface area contributed by atoms with Crippen molar-refractivity contribution in [3.05, 3.63) is 52.6 Å². The van der Waals surface area contributed by atoms with Crippen LogP contribution in [-0.2, 0) is 0 Å². The second kappa shape index (κ2) is 7.83. The standard InChI is InChI=1S/C22H26N4O2S/c1-12-9-13(2)18(14(3)10-12)24-19(27)15-7-8-16-17(11-15)29-21(23-16)25-20(28)26-22(4,5)6/h7-11H,1-6H3,(H,24,27)(H2,23,25,26,28). The van der Waals surface area contributed by atoms with E-state index in [2.05, 4.69) is 33.1 Å². The number of benzene rings is 2. The smallest absolute Gasteiger partial charge is 0.321 e. The number of aryl methyl sites for hydroxylation is 3. The molecule has 0 spiro atoms. The van der Waals surface area contributed by atoms with E-state index in [-0.39, 0.29) is 17.5 Å². The fraction of sp³-hybridized carbons (Fsp3) is 0.318. The number of nitrogens with one attached hydrogen (secondary N) is 3. The Kier molecular flexibility index (Phi) is 5.61. The molecule has 0 aliphatic heterocycles. The molecular weight excluding hydrogens is 384 g/mol. The minimum absolute atomic E-state index is 0.171. The number of nitrogens with zero attached hydrogens (tertiary/aromatic N) is 1. The van der Waals surface area contributed by atoms with Crippen molar-refractivity contribution < 1.29 is 9.59 Å². The molecule has 2 aromatic carbocycles. The molecule has 3 N–H and O–H groups in total. The first-order valence-corrected chi connectivity index (χ1v) is 10.2. The number of anilines is 2. The Bertz CT molecular complexity index is 1070. The van der Waals surface area contributed by atoms with Crippen LogP contribution in [0.15, 0.2) is 30.3 Å². The van der Waals surface area contributed by atoms with Gasteiger partial charge in [-0.3, -0.25) is 10.1 Å². The lowest BCUT2D eigenvalue weighted by Crippen LogP contribution is -2.43. The van der Waals surface area contributed by atoms with Crippen molar-refractivity contribution in [3.8, 4) is 0 Å². The van der Waals surface area contributed by atoms with Gasteiger partial charge in [-0.15, -0.1) is 0 Å². The lowest BCUT2D eigenvalue weighted by atomic mass is 10.0. The van der Waals surface area contributed by atoms with Crippen molar-refractivity contribution in [3.63, 3.8) is 0 Å². The van der Waals surface area contributed by atoms with E-state index in [9.17, 15) is 9.59 Å². The highest BCUT2D eigenvalue weighted by atomic mass is 32.1. The van der Waals surface area contributed by atoms with Crippen molar-refractivity contribution >= 4 is 44.3 Å². The van der Waals surface area contributed by atoms with E-state index in [0.717, 1.165) is 27.0 Å². The summed E-state index contributed by atoms with van der Waals surface area (Å²) < 4.78 is 0.834. The maximum Gasteiger partial charge on any atom is 0.321 e. The number of amides is 3. The molecule has 0 unspecified atom stereocenters. The third-order valence-electron chi connectivity index (χ3n) is 4.28. The predicted molar refractivity (Wildman–Crippen MR) is 120 cm³/mol. The Labute approximate surface area is 174 Å². The van der Waals surface area contributed by atoms with Gasteiger partial charge >= 0.3 is 6.03 Å². The number of rotatable bonds is 3. The molecule has 0 saturated heterocycles. The van der Waals surface area contributed by atoms with Gasteiger partial charge in [0.2, 0.25) is 0 Å². The van der Waals surface area contributed by atoms with Gasteiger partial charge in [0.1, 0.15) is 0 Å². The first-order valence-electron chi connectivity index (χ1n) is 9.41. The summed E-state index contributed by atoms with van der Waals surface area (Å²) in [5.41, 5.74) is 5.02. The molecular formula is C22H26N4O2S. The molecule has 0 radical (unpaired) electrons. The summed E-state index contributed by atoms with van der Waals surface area (Å²) in [7, 11) is 0. The van der Waals surface area contributed by atoms with Gasteiger partial charge in [-0.25, -0.2) is 9.78 Å². The molecule has 1 aromatic heterocycles. The number of thiazole rings is 1. The SMILES string of the molecule is Cc1cc(C)c(NC(=O)c2ccc3nc(NC(=O)NC(C)(C)C)sc3c2)c(C)c1. The van der Waals surface area contributed by atoms with Crippen LogP contribution in [0.5, 0.6) is 0 Å². The molecule has 29 heavy (non-hydrogen) atoms. The summed E-state index contributed by atoms with van der Waals surface area (Å²) in [5, 5.41) is 9.10. The number of fused-ring (bicyclic) bond motifs is 1. The summed E-state index contributed by atoms with van der Waals surface area (Å²) in [5.74, 6) is -0.171. The lowest BCUT2D eigenvalue weighted by Gasteiger charge is -2.19. The first kappa shape index (κ1) is 20.8. The van der Waals surface area contributed by atoms with Crippen molar-refractivity contribution in [2.24, 2.45) is 0 Å². The van der Waals surface area contributed by atoms with Gasteiger partial charge in [0.15, 0.2) is 5.13 Å². The van der Waals surface area contributed by atoms with Gasteiger partial charge in [0.05, 0.1) is 10.2 Å². The fourth-order valence-electron chi connectivity index (χ4n) is 3.15. The molecule has 0 fully saturated rings. The van der Waals surface area contributed by atoms with E-state index in [1.54, 1.807) is 18.2 Å². The monoisotopic (exact) mass is 410 g/mol. The summed E-state index contributed by atoms with van der Waals surface area (Å²) in [4.78, 5) is 29.3. The molecule has 3 amide bonds. The first-order chi connectivity index (χ1) is 13.5. The van der Waals surface area contributed by atoms with Crippen LogP contribution < -0.4 is 16.0 Å². The Morgan fingerprint density at radius 3 is 2.24 bits per heavy atom. The number of carbonyl (C=O) groups excluding carboxylic acids is 2. The number of hydrogen-bond donors (Lipinski definition) is 3.